The number of carbonyl (C=O) groups excluding carboxylic acids is 1. The first-order valence-electron chi connectivity index (χ1n) is 9.98. The predicted octanol–water partition coefficient (Wildman–Crippen LogP) is 3.60. The third-order valence-corrected chi connectivity index (χ3v) is 7.82. The fourth-order valence-electron chi connectivity index (χ4n) is 3.71. The van der Waals surface area contributed by atoms with Crippen molar-refractivity contribution in [3.8, 4) is 0 Å². The van der Waals surface area contributed by atoms with Gasteiger partial charge in [-0.05, 0) is 31.0 Å². The van der Waals surface area contributed by atoms with Crippen LogP contribution in [0.4, 0.5) is 5.13 Å². The van der Waals surface area contributed by atoms with E-state index in [0.29, 0.717) is 6.04 Å². The monoisotopic (exact) mass is 429 g/mol. The Balaban J connectivity index is 1.31. The van der Waals surface area contributed by atoms with Crippen LogP contribution in [-0.4, -0.2) is 72.5 Å². The second-order valence-corrected chi connectivity index (χ2v) is 9.77. The van der Waals surface area contributed by atoms with Gasteiger partial charge in [0, 0.05) is 65.1 Å². The van der Waals surface area contributed by atoms with Crippen LogP contribution in [0, 0.1) is 0 Å². The van der Waals surface area contributed by atoms with E-state index in [1.165, 1.54) is 11.3 Å². The van der Waals surface area contributed by atoms with Crippen LogP contribution in [0.25, 0.3) is 9.53 Å². The van der Waals surface area contributed by atoms with Crippen LogP contribution in [0.3, 0.4) is 0 Å². The van der Waals surface area contributed by atoms with E-state index in [1.807, 2.05) is 55.3 Å². The van der Waals surface area contributed by atoms with E-state index in [-0.39, 0.29) is 5.91 Å². The summed E-state index contributed by atoms with van der Waals surface area (Å²) in [6, 6.07) is 8.39. The molecule has 4 rings (SSSR count). The van der Waals surface area contributed by atoms with E-state index in [0.717, 1.165) is 64.1 Å². The zero-order chi connectivity index (χ0) is 20.4. The first-order chi connectivity index (χ1) is 14.0. The number of aromatic nitrogens is 2. The smallest absolute Gasteiger partial charge is 0.264 e. The van der Waals surface area contributed by atoms with E-state index in [1.54, 1.807) is 11.3 Å². The minimum Gasteiger partial charge on any atom is -0.354 e. The zero-order valence-corrected chi connectivity index (χ0v) is 18.8. The van der Waals surface area contributed by atoms with Crippen LogP contribution in [0.1, 0.15) is 28.2 Å². The molecule has 6 nitrogen and oxygen atoms in total. The normalized spacial score (nSPS) is 15.7. The number of piperidine rings is 1. The van der Waals surface area contributed by atoms with Crippen LogP contribution in [0.15, 0.2) is 30.5 Å². The Morgan fingerprint density at radius 2 is 2.00 bits per heavy atom. The average Bonchev–Trinajstić information content (AvgIpc) is 3.32. The maximum absolute atomic E-state index is 13.0. The maximum atomic E-state index is 13.0. The molecule has 1 saturated heterocycles. The lowest BCUT2D eigenvalue weighted by atomic mass is 10.0. The van der Waals surface area contributed by atoms with E-state index >= 15 is 0 Å². The predicted molar refractivity (Wildman–Crippen MR) is 121 cm³/mol. The molecule has 1 amide bonds. The van der Waals surface area contributed by atoms with E-state index in [9.17, 15) is 4.79 Å². The van der Waals surface area contributed by atoms with Gasteiger partial charge in [-0.1, -0.05) is 17.4 Å². The highest BCUT2D eigenvalue weighted by atomic mass is 32.1. The highest BCUT2D eigenvalue weighted by molar-refractivity contribution is 7.29. The Hall–Kier alpha value is -2.03. The van der Waals surface area contributed by atoms with Gasteiger partial charge in [0.15, 0.2) is 5.13 Å². The molecule has 0 atom stereocenters. The molecule has 0 spiro atoms. The number of rotatable bonds is 6. The number of likely N-dealkylation sites (tertiary alicyclic amines) is 1. The summed E-state index contributed by atoms with van der Waals surface area (Å²) in [7, 11) is 5.93. The molecular formula is C21H27N5OS2. The molecular weight excluding hydrogens is 402 g/mol. The lowest BCUT2D eigenvalue weighted by Crippen LogP contribution is -2.45. The molecule has 0 N–H and O–H groups in total. The van der Waals surface area contributed by atoms with Gasteiger partial charge in [0.2, 0.25) is 0 Å². The van der Waals surface area contributed by atoms with Gasteiger partial charge in [-0.15, -0.1) is 11.3 Å². The van der Waals surface area contributed by atoms with Gasteiger partial charge >= 0.3 is 0 Å². The third kappa shape index (κ3) is 4.60. The van der Waals surface area contributed by atoms with Gasteiger partial charge in [-0.2, -0.15) is 0 Å². The lowest BCUT2D eigenvalue weighted by molar-refractivity contribution is 0.0648. The minimum atomic E-state index is 0.124. The summed E-state index contributed by atoms with van der Waals surface area (Å²) < 4.78 is 1.10. The summed E-state index contributed by atoms with van der Waals surface area (Å²) in [5.74, 6) is 0.124. The molecule has 3 aromatic rings. The Morgan fingerprint density at radius 1 is 1.21 bits per heavy atom. The van der Waals surface area contributed by atoms with E-state index < -0.39 is 0 Å². The second-order valence-electron chi connectivity index (χ2n) is 7.73. The van der Waals surface area contributed by atoms with Gasteiger partial charge in [0.05, 0.1) is 9.58 Å². The van der Waals surface area contributed by atoms with Gasteiger partial charge < -0.3 is 14.7 Å². The number of hydrogen-bond acceptors (Lipinski definition) is 7. The molecule has 0 aliphatic carbocycles. The summed E-state index contributed by atoms with van der Waals surface area (Å²) in [6.45, 7) is 3.09. The molecule has 0 unspecified atom stereocenters. The molecule has 8 heteroatoms. The van der Waals surface area contributed by atoms with Crippen molar-refractivity contribution in [1.82, 2.24) is 19.8 Å². The lowest BCUT2D eigenvalue weighted by Gasteiger charge is -2.36. The largest absolute Gasteiger partial charge is 0.354 e. The van der Waals surface area contributed by atoms with Crippen molar-refractivity contribution in [2.45, 2.75) is 25.3 Å². The summed E-state index contributed by atoms with van der Waals surface area (Å²) in [5, 5.41) is 0.983. The van der Waals surface area contributed by atoms with Crippen molar-refractivity contribution in [3.63, 3.8) is 0 Å². The topological polar surface area (TPSA) is 52.6 Å². The Labute approximate surface area is 179 Å². The van der Waals surface area contributed by atoms with Crippen LogP contribution in [0.5, 0.6) is 0 Å². The van der Waals surface area contributed by atoms with Crippen molar-refractivity contribution in [2.75, 3.05) is 45.7 Å². The van der Waals surface area contributed by atoms with Crippen LogP contribution < -0.4 is 4.90 Å². The minimum absolute atomic E-state index is 0.124. The molecule has 4 heterocycles. The fraction of sp³-hybridized carbons (Fsp3) is 0.476. The number of pyridine rings is 1. The van der Waals surface area contributed by atoms with Gasteiger partial charge in [0.1, 0.15) is 4.83 Å². The molecule has 0 saturated carbocycles. The van der Waals surface area contributed by atoms with Crippen molar-refractivity contribution >= 4 is 43.2 Å². The number of thiazole rings is 1. The summed E-state index contributed by atoms with van der Waals surface area (Å²) in [5.41, 5.74) is 1.14. The van der Waals surface area contributed by atoms with Crippen LogP contribution in [-0.2, 0) is 6.42 Å². The SMILES string of the molecule is CN(C)c1nc2sc(C(=O)N(C)C3CCN(CCc4ccccn4)CC3)cc2s1. The summed E-state index contributed by atoms with van der Waals surface area (Å²) >= 11 is 3.14. The third-order valence-electron chi connectivity index (χ3n) is 5.51. The second kappa shape index (κ2) is 8.77. The van der Waals surface area contributed by atoms with E-state index in [2.05, 4.69) is 20.9 Å². The zero-order valence-electron chi connectivity index (χ0n) is 17.2. The number of anilines is 1. The molecule has 0 bridgehead atoms. The number of amides is 1. The van der Waals surface area contributed by atoms with Crippen molar-refractivity contribution in [1.29, 1.82) is 0 Å². The summed E-state index contributed by atoms with van der Waals surface area (Å²) in [4.78, 5) is 30.2. The number of nitrogens with zero attached hydrogens (tertiary/aromatic N) is 5. The van der Waals surface area contributed by atoms with Gasteiger partial charge in [-0.25, -0.2) is 4.98 Å². The van der Waals surface area contributed by atoms with Gasteiger partial charge in [-0.3, -0.25) is 9.78 Å². The number of carbonyl (C=O) groups is 1. The summed E-state index contributed by atoms with van der Waals surface area (Å²) in [6.07, 6.45) is 4.88. The molecule has 0 aromatic carbocycles. The number of hydrogen-bond donors (Lipinski definition) is 0. The first kappa shape index (κ1) is 20.3. The first-order valence-corrected chi connectivity index (χ1v) is 11.6. The molecule has 1 aliphatic rings. The Morgan fingerprint density at radius 3 is 2.66 bits per heavy atom. The quantitative estimate of drug-likeness (QED) is 0.599. The highest BCUT2D eigenvalue weighted by Crippen LogP contribution is 2.34. The van der Waals surface area contributed by atoms with Crippen molar-refractivity contribution in [3.05, 3.63) is 41.0 Å². The van der Waals surface area contributed by atoms with Crippen molar-refractivity contribution in [2.24, 2.45) is 0 Å². The number of thiophene rings is 1. The molecule has 29 heavy (non-hydrogen) atoms. The van der Waals surface area contributed by atoms with Gasteiger partial charge in [0.25, 0.3) is 5.91 Å². The highest BCUT2D eigenvalue weighted by Gasteiger charge is 2.27. The van der Waals surface area contributed by atoms with Crippen molar-refractivity contribution < 1.29 is 4.79 Å². The van der Waals surface area contributed by atoms with Crippen LogP contribution in [0.2, 0.25) is 0 Å². The van der Waals surface area contributed by atoms with Crippen LogP contribution >= 0.6 is 22.7 Å². The average molecular weight is 430 g/mol. The molecule has 0 radical (unpaired) electrons. The molecule has 3 aromatic heterocycles. The van der Waals surface area contributed by atoms with E-state index in [4.69, 9.17) is 0 Å². The molecule has 154 valence electrons. The molecule has 1 aliphatic heterocycles. The number of fused-ring (bicyclic) bond motifs is 1. The Kier molecular flexibility index (Phi) is 6.12. The fourth-order valence-corrected chi connectivity index (χ4v) is 5.83. The Bertz CT molecular complexity index is 929. The standard InChI is InChI=1S/C21H27N5OS2/c1-24(2)21-23-19-17(29-21)14-18(28-19)20(27)25(3)16-8-12-26(13-9-16)11-7-15-6-4-5-10-22-15/h4-6,10,14,16H,7-9,11-13H2,1-3H3. The maximum Gasteiger partial charge on any atom is 0.264 e. The molecule has 1 fully saturated rings.